The number of nitro groups is 1. The molecule has 0 amide bonds. The van der Waals surface area contributed by atoms with Crippen LogP contribution in [0, 0.1) is 34.2 Å². The number of hydrogen-bond acceptors (Lipinski definition) is 9. The number of ether oxygens (including phenoxy) is 1. The van der Waals surface area contributed by atoms with E-state index in [4.69, 9.17) is 4.74 Å². The first-order valence-corrected chi connectivity index (χ1v) is 10.5. The van der Waals surface area contributed by atoms with Gasteiger partial charge in [0.15, 0.2) is 5.69 Å². The van der Waals surface area contributed by atoms with Crippen LogP contribution in [0.2, 0.25) is 0 Å². The second-order valence-corrected chi connectivity index (χ2v) is 8.70. The first-order valence-electron chi connectivity index (χ1n) is 8.94. The number of benzene rings is 1. The van der Waals surface area contributed by atoms with Crippen molar-refractivity contribution in [3.8, 4) is 6.07 Å². The van der Waals surface area contributed by atoms with Crippen molar-refractivity contribution in [3.05, 3.63) is 51.7 Å². The van der Waals surface area contributed by atoms with E-state index in [1.54, 1.807) is 17.9 Å². The van der Waals surface area contributed by atoms with Crippen molar-refractivity contribution in [1.82, 2.24) is 9.97 Å². The summed E-state index contributed by atoms with van der Waals surface area (Å²) < 4.78 is 45.7. The van der Waals surface area contributed by atoms with Gasteiger partial charge in [-0.05, 0) is 26.0 Å². The lowest BCUT2D eigenvalue weighted by Crippen LogP contribution is -2.42. The molecule has 1 saturated heterocycles. The van der Waals surface area contributed by atoms with Crippen LogP contribution in [0.25, 0.3) is 0 Å². The minimum absolute atomic E-state index is 0.0497. The summed E-state index contributed by atoms with van der Waals surface area (Å²) >= 11 is 0. The predicted molar refractivity (Wildman–Crippen MR) is 103 cm³/mol. The van der Waals surface area contributed by atoms with Crippen molar-refractivity contribution in [2.45, 2.75) is 30.1 Å². The number of hydrogen-bond donors (Lipinski definition) is 0. The van der Waals surface area contributed by atoms with Gasteiger partial charge in [0.1, 0.15) is 16.5 Å². The molecule has 30 heavy (non-hydrogen) atoms. The molecule has 1 aromatic carbocycles. The number of anilines is 1. The van der Waals surface area contributed by atoms with Gasteiger partial charge in [-0.2, -0.15) is 5.26 Å². The standard InChI is InChI=1S/C18H18FN5O5S/c1-11-10-23(7-8-29-11)18-17(24(25)26)16(21-12(2)22-18)15(9-20)30(27,28)14-6-4-3-5-13(14)19/h3-6,11,15H,7-8,10H2,1-2H3. The largest absolute Gasteiger partial charge is 0.375 e. The van der Waals surface area contributed by atoms with Crippen molar-refractivity contribution >= 4 is 21.3 Å². The number of aromatic nitrogens is 2. The van der Waals surface area contributed by atoms with Crippen LogP contribution in [0.15, 0.2) is 29.2 Å². The van der Waals surface area contributed by atoms with E-state index in [1.165, 1.54) is 19.1 Å². The molecule has 158 valence electrons. The number of nitriles is 1. The Labute approximate surface area is 172 Å². The molecule has 2 aromatic rings. The normalized spacial score (nSPS) is 17.9. The van der Waals surface area contributed by atoms with Gasteiger partial charge < -0.3 is 9.64 Å². The molecule has 2 atom stereocenters. The van der Waals surface area contributed by atoms with Crippen LogP contribution < -0.4 is 4.90 Å². The Kier molecular flexibility index (Phi) is 5.95. The molecular weight excluding hydrogens is 417 g/mol. The van der Waals surface area contributed by atoms with E-state index < -0.39 is 42.1 Å². The summed E-state index contributed by atoms with van der Waals surface area (Å²) in [6, 6.07) is 6.08. The quantitative estimate of drug-likeness (QED) is 0.510. The van der Waals surface area contributed by atoms with Gasteiger partial charge in [0.25, 0.3) is 0 Å². The molecule has 2 heterocycles. The van der Waals surface area contributed by atoms with Gasteiger partial charge in [-0.3, -0.25) is 10.1 Å². The third-order valence-electron chi connectivity index (χ3n) is 4.55. The maximum Gasteiger partial charge on any atom is 0.335 e. The molecule has 0 spiro atoms. The summed E-state index contributed by atoms with van der Waals surface area (Å²) in [6.45, 7) is 4.09. The maximum absolute atomic E-state index is 14.2. The number of nitrogens with zero attached hydrogens (tertiary/aromatic N) is 5. The second kappa shape index (κ2) is 8.29. The summed E-state index contributed by atoms with van der Waals surface area (Å²) in [5.74, 6) is -1.11. The smallest absolute Gasteiger partial charge is 0.335 e. The lowest BCUT2D eigenvalue weighted by Gasteiger charge is -2.32. The van der Waals surface area contributed by atoms with Gasteiger partial charge in [-0.1, -0.05) is 12.1 Å². The molecule has 0 aliphatic carbocycles. The van der Waals surface area contributed by atoms with E-state index in [9.17, 15) is 28.2 Å². The molecule has 0 radical (unpaired) electrons. The highest BCUT2D eigenvalue weighted by Gasteiger charge is 2.41. The van der Waals surface area contributed by atoms with Gasteiger partial charge >= 0.3 is 5.69 Å². The van der Waals surface area contributed by atoms with Gasteiger partial charge in [0, 0.05) is 13.1 Å². The number of sulfone groups is 1. The van der Waals surface area contributed by atoms with Gasteiger partial charge in [-0.15, -0.1) is 0 Å². The van der Waals surface area contributed by atoms with Crippen molar-refractivity contribution in [2.75, 3.05) is 24.6 Å². The lowest BCUT2D eigenvalue weighted by atomic mass is 10.2. The van der Waals surface area contributed by atoms with Gasteiger partial charge in [-0.25, -0.2) is 22.8 Å². The monoisotopic (exact) mass is 435 g/mol. The van der Waals surface area contributed by atoms with Crippen LogP contribution in [0.1, 0.15) is 23.7 Å². The molecule has 1 fully saturated rings. The molecule has 12 heteroatoms. The Bertz CT molecular complexity index is 1130. The first-order chi connectivity index (χ1) is 14.2. The number of halogens is 1. The average Bonchev–Trinajstić information content (AvgIpc) is 2.67. The van der Waals surface area contributed by atoms with E-state index >= 15 is 0 Å². The fourth-order valence-corrected chi connectivity index (χ4v) is 4.70. The highest BCUT2D eigenvalue weighted by atomic mass is 32.2. The van der Waals surface area contributed by atoms with E-state index in [2.05, 4.69) is 9.97 Å². The first kappa shape index (κ1) is 21.5. The second-order valence-electron chi connectivity index (χ2n) is 6.70. The zero-order valence-corrected chi connectivity index (χ0v) is 17.0. The molecule has 10 nitrogen and oxygen atoms in total. The summed E-state index contributed by atoms with van der Waals surface area (Å²) in [5, 5.41) is 19.5. The third kappa shape index (κ3) is 3.94. The molecule has 0 saturated carbocycles. The Morgan fingerprint density at radius 1 is 1.40 bits per heavy atom. The maximum atomic E-state index is 14.2. The molecule has 0 bridgehead atoms. The Hall–Kier alpha value is -3.17. The molecule has 1 aliphatic heterocycles. The Morgan fingerprint density at radius 2 is 2.10 bits per heavy atom. The average molecular weight is 435 g/mol. The van der Waals surface area contributed by atoms with Crippen molar-refractivity contribution in [1.29, 1.82) is 5.26 Å². The van der Waals surface area contributed by atoms with E-state index in [-0.39, 0.29) is 24.3 Å². The molecule has 3 rings (SSSR count). The Morgan fingerprint density at radius 3 is 2.70 bits per heavy atom. The van der Waals surface area contributed by atoms with Gasteiger partial charge in [0.2, 0.25) is 20.9 Å². The zero-order valence-electron chi connectivity index (χ0n) is 16.1. The van der Waals surface area contributed by atoms with Crippen molar-refractivity contribution in [2.24, 2.45) is 0 Å². The lowest BCUT2D eigenvalue weighted by molar-refractivity contribution is -0.385. The minimum Gasteiger partial charge on any atom is -0.375 e. The molecular formula is C18H18FN5O5S. The van der Waals surface area contributed by atoms with Crippen LogP contribution in [-0.2, 0) is 14.6 Å². The summed E-state index contributed by atoms with van der Waals surface area (Å²) in [6.07, 6.45) is -0.231. The van der Waals surface area contributed by atoms with Gasteiger partial charge in [0.05, 0.1) is 23.7 Å². The van der Waals surface area contributed by atoms with E-state index in [0.717, 1.165) is 12.1 Å². The highest BCUT2D eigenvalue weighted by molar-refractivity contribution is 7.92. The van der Waals surface area contributed by atoms with Crippen LogP contribution in [-0.4, -0.2) is 49.1 Å². The predicted octanol–water partition coefficient (Wildman–Crippen LogP) is 2.10. The van der Waals surface area contributed by atoms with Crippen LogP contribution in [0.3, 0.4) is 0 Å². The fraction of sp³-hybridized carbons (Fsp3) is 0.389. The highest BCUT2D eigenvalue weighted by Crippen LogP contribution is 2.38. The summed E-state index contributed by atoms with van der Waals surface area (Å²) in [5.41, 5.74) is -1.28. The number of aryl methyl sites for hydroxylation is 1. The summed E-state index contributed by atoms with van der Waals surface area (Å²) in [4.78, 5) is 20.0. The van der Waals surface area contributed by atoms with E-state index in [1.807, 2.05) is 0 Å². The minimum atomic E-state index is -4.64. The molecule has 1 aromatic heterocycles. The van der Waals surface area contributed by atoms with Crippen molar-refractivity contribution in [3.63, 3.8) is 0 Å². The number of rotatable bonds is 5. The molecule has 0 N–H and O–H groups in total. The summed E-state index contributed by atoms with van der Waals surface area (Å²) in [7, 11) is -4.64. The van der Waals surface area contributed by atoms with Crippen LogP contribution >= 0.6 is 0 Å². The molecule has 2 unspecified atom stereocenters. The molecule has 1 aliphatic rings. The zero-order chi connectivity index (χ0) is 22.1. The van der Waals surface area contributed by atoms with Crippen molar-refractivity contribution < 1.29 is 22.5 Å². The van der Waals surface area contributed by atoms with E-state index in [0.29, 0.717) is 13.2 Å². The fourth-order valence-electron chi connectivity index (χ4n) is 3.24. The van der Waals surface area contributed by atoms with Crippen LogP contribution in [0.4, 0.5) is 15.9 Å². The SMILES string of the molecule is Cc1nc(C(C#N)S(=O)(=O)c2ccccc2F)c([N+](=O)[O-])c(N2CCOC(C)C2)n1. The topological polar surface area (TPSA) is 139 Å². The number of morpholine rings is 1. The Balaban J connectivity index is 2.22. The third-order valence-corrected chi connectivity index (χ3v) is 6.44. The van der Waals surface area contributed by atoms with Crippen LogP contribution in [0.5, 0.6) is 0 Å².